The van der Waals surface area contributed by atoms with E-state index in [0.29, 0.717) is 0 Å². The van der Waals surface area contributed by atoms with Crippen LogP contribution in [0.3, 0.4) is 0 Å². The lowest BCUT2D eigenvalue weighted by Gasteiger charge is -2.25. The Balaban J connectivity index is 2.17. The Morgan fingerprint density at radius 3 is 2.92 bits per heavy atom. The first-order valence-corrected chi connectivity index (χ1v) is 4.58. The molecule has 13 heavy (non-hydrogen) atoms. The van der Waals surface area contributed by atoms with Crippen molar-refractivity contribution in [1.29, 1.82) is 0 Å². The number of allylic oxidation sites excluding steroid dienone is 2. The lowest BCUT2D eigenvalue weighted by atomic mass is 9.72. The van der Waals surface area contributed by atoms with Crippen molar-refractivity contribution in [2.75, 3.05) is 0 Å². The average Bonchev–Trinajstić information content (AvgIpc) is 2.66. The average molecular weight is 178 g/mol. The third-order valence-corrected chi connectivity index (χ3v) is 3.85. The van der Waals surface area contributed by atoms with Gasteiger partial charge in [0.15, 0.2) is 0 Å². The molecule has 0 amide bonds. The first-order valence-electron chi connectivity index (χ1n) is 4.58. The second-order valence-electron chi connectivity index (χ2n) is 4.36. The van der Waals surface area contributed by atoms with Gasteiger partial charge in [0.2, 0.25) is 0 Å². The van der Waals surface area contributed by atoms with E-state index in [1.807, 2.05) is 6.92 Å². The zero-order valence-corrected chi connectivity index (χ0v) is 7.32. The Bertz CT molecular complexity index is 344. The standard InChI is InChI=1S/C10H10O3/c1-10-6-3-2-5(4-6)7(10)8(11)13-9(10)12/h2-3,5-7H,4H2,1H3. The van der Waals surface area contributed by atoms with Crippen molar-refractivity contribution in [3.63, 3.8) is 0 Å². The Hall–Kier alpha value is -1.12. The van der Waals surface area contributed by atoms with E-state index in [9.17, 15) is 9.59 Å². The quantitative estimate of drug-likeness (QED) is 0.314. The molecule has 0 spiro atoms. The zero-order chi connectivity index (χ0) is 9.22. The minimum Gasteiger partial charge on any atom is -0.392 e. The van der Waals surface area contributed by atoms with Crippen molar-refractivity contribution in [3.05, 3.63) is 12.2 Å². The van der Waals surface area contributed by atoms with Crippen molar-refractivity contribution in [2.45, 2.75) is 13.3 Å². The van der Waals surface area contributed by atoms with Crippen molar-refractivity contribution in [2.24, 2.45) is 23.2 Å². The lowest BCUT2D eigenvalue weighted by molar-refractivity contribution is -0.156. The van der Waals surface area contributed by atoms with Crippen LogP contribution in [0.15, 0.2) is 12.2 Å². The summed E-state index contributed by atoms with van der Waals surface area (Å²) < 4.78 is 4.69. The molecule has 1 saturated heterocycles. The molecule has 0 aromatic carbocycles. The van der Waals surface area contributed by atoms with E-state index in [0.717, 1.165) is 6.42 Å². The number of ether oxygens (including phenoxy) is 1. The van der Waals surface area contributed by atoms with Crippen LogP contribution in [0.25, 0.3) is 0 Å². The molecule has 0 aromatic rings. The highest BCUT2D eigenvalue weighted by atomic mass is 16.6. The summed E-state index contributed by atoms with van der Waals surface area (Å²) in [7, 11) is 0. The van der Waals surface area contributed by atoms with Crippen LogP contribution < -0.4 is 0 Å². The molecule has 0 aromatic heterocycles. The van der Waals surface area contributed by atoms with Crippen molar-refractivity contribution in [1.82, 2.24) is 0 Å². The molecule has 3 heteroatoms. The summed E-state index contributed by atoms with van der Waals surface area (Å²) in [6.07, 6.45) is 5.06. The summed E-state index contributed by atoms with van der Waals surface area (Å²) in [4.78, 5) is 22.9. The van der Waals surface area contributed by atoms with Gasteiger partial charge in [0.05, 0.1) is 11.3 Å². The number of esters is 2. The van der Waals surface area contributed by atoms with Crippen LogP contribution in [0, 0.1) is 23.2 Å². The molecule has 68 valence electrons. The second-order valence-corrected chi connectivity index (χ2v) is 4.36. The van der Waals surface area contributed by atoms with E-state index in [-0.39, 0.29) is 29.7 Å². The molecule has 2 aliphatic carbocycles. The molecule has 0 N–H and O–H groups in total. The van der Waals surface area contributed by atoms with E-state index < -0.39 is 5.41 Å². The first-order chi connectivity index (χ1) is 6.14. The minimum absolute atomic E-state index is 0.199. The summed E-state index contributed by atoms with van der Waals surface area (Å²) in [6.45, 7) is 1.86. The van der Waals surface area contributed by atoms with Crippen molar-refractivity contribution < 1.29 is 14.3 Å². The highest BCUT2D eigenvalue weighted by molar-refractivity contribution is 6.00. The molecule has 1 heterocycles. The Kier molecular flexibility index (Phi) is 1.05. The van der Waals surface area contributed by atoms with Crippen LogP contribution >= 0.6 is 0 Å². The third-order valence-electron chi connectivity index (χ3n) is 3.85. The molecular formula is C10H10O3. The van der Waals surface area contributed by atoms with Crippen LogP contribution in [-0.4, -0.2) is 11.9 Å². The zero-order valence-electron chi connectivity index (χ0n) is 7.32. The smallest absolute Gasteiger partial charge is 0.320 e. The van der Waals surface area contributed by atoms with Gasteiger partial charge in [-0.15, -0.1) is 0 Å². The summed E-state index contributed by atoms with van der Waals surface area (Å²) in [6, 6.07) is 0. The molecule has 3 rings (SSSR count). The molecule has 1 saturated carbocycles. The van der Waals surface area contributed by atoms with Gasteiger partial charge in [0.1, 0.15) is 0 Å². The highest BCUT2D eigenvalue weighted by Gasteiger charge is 2.66. The maximum Gasteiger partial charge on any atom is 0.320 e. The van der Waals surface area contributed by atoms with Gasteiger partial charge in [-0.05, 0) is 25.2 Å². The SMILES string of the molecule is CC12C(=O)OC(=O)C1C1C=CC2C1. The highest BCUT2D eigenvalue weighted by Crippen LogP contribution is 2.59. The van der Waals surface area contributed by atoms with Gasteiger partial charge in [0, 0.05) is 0 Å². The number of fused-ring (bicyclic) bond motifs is 5. The van der Waals surface area contributed by atoms with Crippen LogP contribution in [0.1, 0.15) is 13.3 Å². The number of hydrogen-bond donors (Lipinski definition) is 0. The molecule has 1 aliphatic heterocycles. The first kappa shape index (κ1) is 7.30. The Morgan fingerprint density at radius 2 is 2.23 bits per heavy atom. The van der Waals surface area contributed by atoms with Crippen LogP contribution in [-0.2, 0) is 14.3 Å². The van der Waals surface area contributed by atoms with Gasteiger partial charge in [-0.2, -0.15) is 0 Å². The lowest BCUT2D eigenvalue weighted by Crippen LogP contribution is -2.34. The van der Waals surface area contributed by atoms with Crippen molar-refractivity contribution >= 4 is 11.9 Å². The van der Waals surface area contributed by atoms with E-state index in [1.54, 1.807) is 0 Å². The third kappa shape index (κ3) is 0.598. The van der Waals surface area contributed by atoms with Crippen LogP contribution in [0.2, 0.25) is 0 Å². The normalized spacial score (nSPS) is 51.3. The molecule has 3 aliphatic rings. The van der Waals surface area contributed by atoms with Gasteiger partial charge < -0.3 is 4.74 Å². The van der Waals surface area contributed by atoms with Gasteiger partial charge in [-0.3, -0.25) is 9.59 Å². The Morgan fingerprint density at radius 1 is 1.46 bits per heavy atom. The summed E-state index contributed by atoms with van der Waals surface area (Å²) in [5.74, 6) is -0.367. The van der Waals surface area contributed by atoms with E-state index in [2.05, 4.69) is 12.2 Å². The number of rotatable bonds is 0. The molecular weight excluding hydrogens is 168 g/mol. The number of carbonyl (C=O) groups excluding carboxylic acids is 2. The molecule has 3 nitrogen and oxygen atoms in total. The predicted octanol–water partition coefficient (Wildman–Crippen LogP) is 0.898. The fraction of sp³-hybridized carbons (Fsp3) is 0.600. The summed E-state index contributed by atoms with van der Waals surface area (Å²) >= 11 is 0. The topological polar surface area (TPSA) is 43.4 Å². The monoisotopic (exact) mass is 178 g/mol. The Labute approximate surface area is 75.8 Å². The largest absolute Gasteiger partial charge is 0.392 e. The number of cyclic esters (lactones) is 2. The predicted molar refractivity (Wildman–Crippen MR) is 43.4 cm³/mol. The molecule has 2 bridgehead atoms. The molecule has 0 radical (unpaired) electrons. The van der Waals surface area contributed by atoms with Gasteiger partial charge in [-0.25, -0.2) is 0 Å². The molecule has 4 unspecified atom stereocenters. The van der Waals surface area contributed by atoms with E-state index >= 15 is 0 Å². The van der Waals surface area contributed by atoms with Crippen LogP contribution in [0.4, 0.5) is 0 Å². The second kappa shape index (κ2) is 1.86. The van der Waals surface area contributed by atoms with Gasteiger partial charge >= 0.3 is 11.9 Å². The summed E-state index contributed by atoms with van der Waals surface area (Å²) in [5.41, 5.74) is -0.545. The summed E-state index contributed by atoms with van der Waals surface area (Å²) in [5, 5.41) is 0. The minimum atomic E-state index is -0.545. The molecule has 2 fully saturated rings. The number of carbonyl (C=O) groups is 2. The van der Waals surface area contributed by atoms with Crippen molar-refractivity contribution in [3.8, 4) is 0 Å². The van der Waals surface area contributed by atoms with Gasteiger partial charge in [0.25, 0.3) is 0 Å². The van der Waals surface area contributed by atoms with E-state index in [4.69, 9.17) is 4.74 Å². The maximum absolute atomic E-state index is 11.5. The van der Waals surface area contributed by atoms with E-state index in [1.165, 1.54) is 0 Å². The van der Waals surface area contributed by atoms with Gasteiger partial charge in [-0.1, -0.05) is 12.2 Å². The molecule has 4 atom stereocenters. The maximum atomic E-state index is 11.5. The fourth-order valence-electron chi connectivity index (χ4n) is 3.06. The van der Waals surface area contributed by atoms with Crippen LogP contribution in [0.5, 0.6) is 0 Å². The number of hydrogen-bond acceptors (Lipinski definition) is 3. The fourth-order valence-corrected chi connectivity index (χ4v) is 3.06.